The van der Waals surface area contributed by atoms with E-state index in [1.165, 1.54) is 18.2 Å². The van der Waals surface area contributed by atoms with Gasteiger partial charge in [-0.15, -0.1) is 0 Å². The molecule has 3 rings (SSSR count). The number of H-pyrrole nitrogens is 1. The lowest BCUT2D eigenvalue weighted by Gasteiger charge is -2.12. The Kier molecular flexibility index (Phi) is 5.03. The van der Waals surface area contributed by atoms with Crippen LogP contribution >= 0.6 is 0 Å². The minimum atomic E-state index is -1.10. The third-order valence-corrected chi connectivity index (χ3v) is 4.03. The van der Waals surface area contributed by atoms with Gasteiger partial charge in [0.05, 0.1) is 0 Å². The molecule has 0 unspecified atom stereocenters. The Bertz CT molecular complexity index is 957. The van der Waals surface area contributed by atoms with Crippen LogP contribution in [0.5, 0.6) is 5.75 Å². The van der Waals surface area contributed by atoms with Gasteiger partial charge in [0.15, 0.2) is 0 Å². The van der Waals surface area contributed by atoms with Crippen LogP contribution in [0.15, 0.2) is 60.8 Å². The van der Waals surface area contributed by atoms with Crippen LogP contribution in [0.4, 0.5) is 0 Å². The fourth-order valence-electron chi connectivity index (χ4n) is 2.70. The molecule has 0 bridgehead atoms. The van der Waals surface area contributed by atoms with E-state index in [9.17, 15) is 19.8 Å². The van der Waals surface area contributed by atoms with E-state index in [1.54, 1.807) is 24.4 Å². The zero-order valence-corrected chi connectivity index (χ0v) is 13.8. The maximum atomic E-state index is 12.1. The second-order valence-corrected chi connectivity index (χ2v) is 5.89. The SMILES string of the molecule is O=C(/C=C/c1ccc(O)cc1)N[C@@H](Cc1c[nH]c2ccccc12)C(=O)O. The molecule has 0 aliphatic heterocycles. The molecule has 6 heteroatoms. The molecule has 0 fully saturated rings. The number of carboxylic acid groups (broad SMARTS) is 1. The molecule has 1 amide bonds. The number of rotatable bonds is 6. The second-order valence-electron chi connectivity index (χ2n) is 5.89. The molecule has 132 valence electrons. The van der Waals surface area contributed by atoms with E-state index in [-0.39, 0.29) is 12.2 Å². The number of fused-ring (bicyclic) bond motifs is 1. The number of carbonyl (C=O) groups excluding carboxylic acids is 1. The predicted octanol–water partition coefficient (Wildman–Crippen LogP) is 2.70. The molecule has 0 spiro atoms. The lowest BCUT2D eigenvalue weighted by Crippen LogP contribution is -2.41. The highest BCUT2D eigenvalue weighted by Gasteiger charge is 2.21. The van der Waals surface area contributed by atoms with Crippen LogP contribution in [0.2, 0.25) is 0 Å². The summed E-state index contributed by atoms with van der Waals surface area (Å²) in [6.07, 6.45) is 4.77. The van der Waals surface area contributed by atoms with E-state index in [0.29, 0.717) is 0 Å². The predicted molar refractivity (Wildman–Crippen MR) is 98.7 cm³/mol. The lowest BCUT2D eigenvalue weighted by atomic mass is 10.0. The van der Waals surface area contributed by atoms with E-state index in [4.69, 9.17) is 0 Å². The Hall–Kier alpha value is -3.54. The number of aromatic hydroxyl groups is 1. The Morgan fingerprint density at radius 2 is 1.85 bits per heavy atom. The molecule has 1 heterocycles. The number of nitrogens with one attached hydrogen (secondary N) is 2. The molecule has 26 heavy (non-hydrogen) atoms. The molecular weight excluding hydrogens is 332 g/mol. The molecule has 2 aromatic carbocycles. The number of para-hydroxylation sites is 1. The summed E-state index contributed by atoms with van der Waals surface area (Å²) in [4.78, 5) is 26.7. The van der Waals surface area contributed by atoms with Crippen LogP contribution in [0.3, 0.4) is 0 Å². The Labute approximate surface area is 149 Å². The van der Waals surface area contributed by atoms with Gasteiger partial charge in [-0.25, -0.2) is 4.79 Å². The normalized spacial score (nSPS) is 12.3. The van der Waals surface area contributed by atoms with Gasteiger partial charge in [-0.05, 0) is 35.4 Å². The number of aromatic nitrogens is 1. The van der Waals surface area contributed by atoms with E-state index < -0.39 is 17.9 Å². The molecule has 4 N–H and O–H groups in total. The molecule has 0 radical (unpaired) electrons. The van der Waals surface area contributed by atoms with Crippen molar-refractivity contribution in [3.8, 4) is 5.75 Å². The fraction of sp³-hybridized carbons (Fsp3) is 0.100. The Balaban J connectivity index is 1.69. The van der Waals surface area contributed by atoms with Crippen LogP contribution in [0.1, 0.15) is 11.1 Å². The molecule has 0 saturated carbocycles. The second kappa shape index (κ2) is 7.57. The Morgan fingerprint density at radius 1 is 1.12 bits per heavy atom. The molecule has 6 nitrogen and oxygen atoms in total. The van der Waals surface area contributed by atoms with Crippen molar-refractivity contribution in [3.05, 3.63) is 71.9 Å². The molecule has 1 atom stereocenters. The highest BCUT2D eigenvalue weighted by molar-refractivity contribution is 5.94. The van der Waals surface area contributed by atoms with Gasteiger partial charge in [0.1, 0.15) is 11.8 Å². The zero-order chi connectivity index (χ0) is 18.5. The summed E-state index contributed by atoms with van der Waals surface area (Å²) < 4.78 is 0. The molecule has 1 aromatic heterocycles. The summed E-state index contributed by atoms with van der Waals surface area (Å²) in [5, 5.41) is 22.1. The first-order valence-corrected chi connectivity index (χ1v) is 8.08. The summed E-state index contributed by atoms with van der Waals surface area (Å²) >= 11 is 0. The largest absolute Gasteiger partial charge is 0.508 e. The lowest BCUT2D eigenvalue weighted by molar-refractivity contribution is -0.141. The first-order chi connectivity index (χ1) is 12.5. The summed E-state index contributed by atoms with van der Waals surface area (Å²) in [7, 11) is 0. The highest BCUT2D eigenvalue weighted by atomic mass is 16.4. The van der Waals surface area contributed by atoms with Gasteiger partial charge in [0.2, 0.25) is 5.91 Å². The van der Waals surface area contributed by atoms with Crippen LogP contribution in [-0.2, 0) is 16.0 Å². The monoisotopic (exact) mass is 350 g/mol. The van der Waals surface area contributed by atoms with Gasteiger partial charge in [0, 0.05) is 29.6 Å². The van der Waals surface area contributed by atoms with Crippen molar-refractivity contribution in [3.63, 3.8) is 0 Å². The summed E-state index contributed by atoms with van der Waals surface area (Å²) in [5.74, 6) is -1.46. The van der Waals surface area contributed by atoms with Crippen molar-refractivity contribution in [1.29, 1.82) is 0 Å². The number of carbonyl (C=O) groups is 2. The highest BCUT2D eigenvalue weighted by Crippen LogP contribution is 2.19. The van der Waals surface area contributed by atoms with Crippen molar-refractivity contribution < 1.29 is 19.8 Å². The van der Waals surface area contributed by atoms with Crippen LogP contribution in [0, 0.1) is 0 Å². The number of phenolic OH excluding ortho intramolecular Hbond substituents is 1. The average Bonchev–Trinajstić information content (AvgIpc) is 3.04. The number of hydrogen-bond acceptors (Lipinski definition) is 3. The maximum absolute atomic E-state index is 12.1. The van der Waals surface area contributed by atoms with Gasteiger partial charge in [0.25, 0.3) is 0 Å². The van der Waals surface area contributed by atoms with Crippen molar-refractivity contribution in [1.82, 2.24) is 10.3 Å². The number of phenols is 1. The Morgan fingerprint density at radius 3 is 2.58 bits per heavy atom. The molecule has 0 saturated heterocycles. The smallest absolute Gasteiger partial charge is 0.326 e. The third-order valence-electron chi connectivity index (χ3n) is 4.03. The number of benzene rings is 2. The number of amides is 1. The van der Waals surface area contributed by atoms with Gasteiger partial charge in [-0.3, -0.25) is 4.79 Å². The number of hydrogen-bond donors (Lipinski definition) is 4. The zero-order valence-electron chi connectivity index (χ0n) is 13.8. The van der Waals surface area contributed by atoms with Crippen molar-refractivity contribution in [2.45, 2.75) is 12.5 Å². The van der Waals surface area contributed by atoms with E-state index in [2.05, 4.69) is 10.3 Å². The third kappa shape index (κ3) is 4.10. The van der Waals surface area contributed by atoms with E-state index in [1.807, 2.05) is 24.3 Å². The quantitative estimate of drug-likeness (QED) is 0.513. The van der Waals surface area contributed by atoms with Crippen LogP contribution in [-0.4, -0.2) is 33.1 Å². The van der Waals surface area contributed by atoms with Crippen molar-refractivity contribution >= 4 is 28.9 Å². The molecule has 0 aliphatic carbocycles. The first-order valence-electron chi connectivity index (χ1n) is 8.08. The first kappa shape index (κ1) is 17.3. The minimum absolute atomic E-state index is 0.135. The van der Waals surface area contributed by atoms with Gasteiger partial charge in [-0.1, -0.05) is 30.3 Å². The standard InChI is InChI=1S/C20H18N2O4/c23-15-8-5-13(6-9-15)7-10-19(24)22-18(20(25)26)11-14-12-21-17-4-2-1-3-16(14)17/h1-10,12,18,21,23H,11H2,(H,22,24)(H,25,26)/b10-7+/t18-/m0/s1. The van der Waals surface area contributed by atoms with Gasteiger partial charge in [-0.2, -0.15) is 0 Å². The van der Waals surface area contributed by atoms with Crippen LogP contribution in [0.25, 0.3) is 17.0 Å². The number of aliphatic carboxylic acids is 1. The average molecular weight is 350 g/mol. The van der Waals surface area contributed by atoms with Crippen molar-refractivity contribution in [2.75, 3.05) is 0 Å². The molecule has 0 aliphatic rings. The summed E-state index contributed by atoms with van der Waals surface area (Å²) in [6.45, 7) is 0. The number of carboxylic acids is 1. The summed E-state index contributed by atoms with van der Waals surface area (Å²) in [6, 6.07) is 12.9. The van der Waals surface area contributed by atoms with Gasteiger partial charge < -0.3 is 20.5 Å². The topological polar surface area (TPSA) is 102 Å². The van der Waals surface area contributed by atoms with Crippen molar-refractivity contribution in [2.24, 2.45) is 0 Å². The van der Waals surface area contributed by atoms with Gasteiger partial charge >= 0.3 is 5.97 Å². The minimum Gasteiger partial charge on any atom is -0.508 e. The van der Waals surface area contributed by atoms with E-state index in [0.717, 1.165) is 22.0 Å². The van der Waals surface area contributed by atoms with E-state index >= 15 is 0 Å². The molecular formula is C20H18N2O4. The summed E-state index contributed by atoms with van der Waals surface area (Å²) in [5.41, 5.74) is 2.47. The van der Waals surface area contributed by atoms with Crippen LogP contribution < -0.4 is 5.32 Å². The fourth-order valence-corrected chi connectivity index (χ4v) is 2.70. The maximum Gasteiger partial charge on any atom is 0.326 e. The number of aromatic amines is 1. The molecule has 3 aromatic rings.